The number of aliphatic hydroxyl groups is 4. The number of ether oxygens (including phenoxy) is 2. The summed E-state index contributed by atoms with van der Waals surface area (Å²) in [6, 6.07) is 12.8. The fourth-order valence-electron chi connectivity index (χ4n) is 8.84. The van der Waals surface area contributed by atoms with E-state index in [1.54, 1.807) is 0 Å². The average Bonchev–Trinajstić information content (AvgIpc) is 3.84. The Morgan fingerprint density at radius 1 is 0.654 bits per heavy atom. The normalized spacial score (nSPS) is 28.6. The van der Waals surface area contributed by atoms with Gasteiger partial charge in [0.1, 0.15) is 23.7 Å². The molecule has 2 aliphatic heterocycles. The molecule has 0 saturated heterocycles. The summed E-state index contributed by atoms with van der Waals surface area (Å²) < 4.78 is 14.1. The van der Waals surface area contributed by atoms with Crippen molar-refractivity contribution in [1.29, 1.82) is 0 Å². The van der Waals surface area contributed by atoms with Gasteiger partial charge in [-0.1, -0.05) is 159 Å². The first-order chi connectivity index (χ1) is 25.1. The van der Waals surface area contributed by atoms with Gasteiger partial charge >= 0.3 is 0 Å². The van der Waals surface area contributed by atoms with Crippen LogP contribution in [0.4, 0.5) is 0 Å². The molecule has 2 heterocycles. The van der Waals surface area contributed by atoms with Gasteiger partial charge in [-0.2, -0.15) is 0 Å². The number of rotatable bonds is 16. The Labute approximate surface area is 329 Å². The van der Waals surface area contributed by atoms with E-state index in [0.717, 1.165) is 97.5 Å². The first-order valence-electron chi connectivity index (χ1n) is 20.2. The molecular weight excluding hydrogens is 784 g/mol. The minimum Gasteiger partial charge on any atom is -0.489 e. The standard InChI is InChI=1S/2C22H31BrO3/c2*1-3-5-6-11-18(24)17(23)12-16-19(25)13-20-21(16)15-10-7-9-14(8-4-2)22(15)26-20/h2*7,9-10,12,16,18-21,24-25H,3-6,8,11,13H2,1-2H3/b2*17-12-/t16-,18+,19+,20-,21+;16-,18-,19+,20-,21+/m00/s1. The molecule has 0 radical (unpaired) electrons. The van der Waals surface area contributed by atoms with Gasteiger partial charge in [0, 0.05) is 56.6 Å². The maximum Gasteiger partial charge on any atom is 0.126 e. The molecule has 8 heteroatoms. The highest BCUT2D eigenvalue weighted by Gasteiger charge is 2.50. The molecule has 0 bridgehead atoms. The lowest BCUT2D eigenvalue weighted by molar-refractivity contribution is 0.134. The van der Waals surface area contributed by atoms with Gasteiger partial charge in [-0.05, 0) is 36.8 Å². The van der Waals surface area contributed by atoms with E-state index < -0.39 is 24.4 Å². The van der Waals surface area contributed by atoms with Crippen LogP contribution in [0.2, 0.25) is 0 Å². The van der Waals surface area contributed by atoms with Crippen molar-refractivity contribution in [3.05, 3.63) is 79.8 Å². The Morgan fingerprint density at radius 3 is 1.42 bits per heavy atom. The second-order valence-corrected chi connectivity index (χ2v) is 17.3. The molecule has 4 N–H and O–H groups in total. The molecular formula is C44H62Br2O6. The lowest BCUT2D eigenvalue weighted by atomic mass is 9.86. The molecule has 0 amide bonds. The molecule has 2 aliphatic carbocycles. The number of hydrogen-bond acceptors (Lipinski definition) is 6. The van der Waals surface area contributed by atoms with Gasteiger partial charge in [0.25, 0.3) is 0 Å². The fourth-order valence-corrected chi connectivity index (χ4v) is 9.91. The van der Waals surface area contributed by atoms with Crippen LogP contribution in [0.25, 0.3) is 0 Å². The van der Waals surface area contributed by atoms with Crippen molar-refractivity contribution in [2.45, 2.75) is 166 Å². The number of unbranched alkanes of at least 4 members (excludes halogenated alkanes) is 4. The topological polar surface area (TPSA) is 99.4 Å². The molecule has 2 aromatic rings. The highest BCUT2D eigenvalue weighted by molar-refractivity contribution is 9.12. The molecule has 288 valence electrons. The summed E-state index contributed by atoms with van der Waals surface area (Å²) >= 11 is 7.14. The van der Waals surface area contributed by atoms with E-state index in [-0.39, 0.29) is 35.9 Å². The molecule has 2 aromatic carbocycles. The summed E-state index contributed by atoms with van der Waals surface area (Å²) in [5, 5.41) is 42.0. The predicted octanol–water partition coefficient (Wildman–Crippen LogP) is 10.2. The third-order valence-corrected chi connectivity index (χ3v) is 13.1. The molecule has 6 rings (SSSR count). The van der Waals surface area contributed by atoms with Crippen molar-refractivity contribution in [1.82, 2.24) is 0 Å². The van der Waals surface area contributed by atoms with Crippen molar-refractivity contribution in [2.24, 2.45) is 11.8 Å². The summed E-state index contributed by atoms with van der Waals surface area (Å²) in [6.45, 7) is 8.69. The van der Waals surface area contributed by atoms with Gasteiger partial charge in [0.15, 0.2) is 0 Å². The number of para-hydroxylation sites is 2. The van der Waals surface area contributed by atoms with Gasteiger partial charge in [0.2, 0.25) is 0 Å². The van der Waals surface area contributed by atoms with Crippen LogP contribution in [-0.4, -0.2) is 57.0 Å². The predicted molar refractivity (Wildman–Crippen MR) is 218 cm³/mol. The lowest BCUT2D eigenvalue weighted by Crippen LogP contribution is -2.18. The second-order valence-electron chi connectivity index (χ2n) is 15.4. The van der Waals surface area contributed by atoms with Gasteiger partial charge in [-0.25, -0.2) is 0 Å². The van der Waals surface area contributed by atoms with Crippen LogP contribution in [0.1, 0.15) is 139 Å². The van der Waals surface area contributed by atoms with Crippen molar-refractivity contribution in [2.75, 3.05) is 0 Å². The Balaban J connectivity index is 0.000000201. The minimum absolute atomic E-state index is 0.0201. The number of benzene rings is 2. The molecule has 0 unspecified atom stereocenters. The Bertz CT molecular complexity index is 1400. The summed E-state index contributed by atoms with van der Waals surface area (Å²) in [5.41, 5.74) is 4.99. The van der Waals surface area contributed by atoms with Crippen molar-refractivity contribution < 1.29 is 29.9 Å². The minimum atomic E-state index is -0.485. The second kappa shape index (κ2) is 19.8. The molecule has 0 aromatic heterocycles. The van der Waals surface area contributed by atoms with E-state index in [2.05, 4.69) is 96.0 Å². The van der Waals surface area contributed by atoms with Crippen LogP contribution in [0.3, 0.4) is 0 Å². The van der Waals surface area contributed by atoms with E-state index >= 15 is 0 Å². The molecule has 6 nitrogen and oxygen atoms in total. The van der Waals surface area contributed by atoms with Crippen LogP contribution in [-0.2, 0) is 12.8 Å². The fraction of sp³-hybridized carbons (Fsp3) is 0.636. The van der Waals surface area contributed by atoms with Crippen LogP contribution >= 0.6 is 31.9 Å². The lowest BCUT2D eigenvalue weighted by Gasteiger charge is -2.19. The zero-order valence-electron chi connectivity index (χ0n) is 31.7. The van der Waals surface area contributed by atoms with Crippen LogP contribution < -0.4 is 9.47 Å². The first-order valence-corrected chi connectivity index (χ1v) is 21.7. The largest absolute Gasteiger partial charge is 0.489 e. The zero-order chi connectivity index (χ0) is 37.4. The molecule has 2 saturated carbocycles. The average molecular weight is 847 g/mol. The Kier molecular flexibility index (Phi) is 15.8. The highest BCUT2D eigenvalue weighted by atomic mass is 79.9. The number of aryl methyl sites for hydroxylation is 2. The maximum absolute atomic E-state index is 10.6. The third kappa shape index (κ3) is 9.57. The highest BCUT2D eigenvalue weighted by Crippen LogP contribution is 2.54. The van der Waals surface area contributed by atoms with Gasteiger partial charge in [-0.15, -0.1) is 0 Å². The van der Waals surface area contributed by atoms with E-state index in [1.165, 1.54) is 22.3 Å². The number of aliphatic hydroxyl groups excluding tert-OH is 4. The number of hydrogen-bond donors (Lipinski definition) is 4. The number of halogens is 2. The van der Waals surface area contributed by atoms with Gasteiger partial charge in [0.05, 0.1) is 24.4 Å². The van der Waals surface area contributed by atoms with Gasteiger partial charge < -0.3 is 29.9 Å². The summed E-state index contributed by atoms with van der Waals surface area (Å²) in [7, 11) is 0. The summed E-state index contributed by atoms with van der Waals surface area (Å²) in [6.07, 6.45) is 16.0. The van der Waals surface area contributed by atoms with Crippen LogP contribution in [0.15, 0.2) is 57.5 Å². The Morgan fingerprint density at radius 2 is 1.06 bits per heavy atom. The molecule has 0 spiro atoms. The van der Waals surface area contributed by atoms with Gasteiger partial charge in [-0.3, -0.25) is 0 Å². The number of fused-ring (bicyclic) bond motifs is 6. The van der Waals surface area contributed by atoms with E-state index in [4.69, 9.17) is 9.47 Å². The van der Waals surface area contributed by atoms with E-state index in [0.29, 0.717) is 12.8 Å². The zero-order valence-corrected chi connectivity index (χ0v) is 34.8. The smallest absolute Gasteiger partial charge is 0.126 e. The quantitative estimate of drug-likeness (QED) is 0.126. The third-order valence-electron chi connectivity index (χ3n) is 11.5. The van der Waals surface area contributed by atoms with Crippen molar-refractivity contribution in [3.8, 4) is 11.5 Å². The monoisotopic (exact) mass is 844 g/mol. The molecule has 52 heavy (non-hydrogen) atoms. The van der Waals surface area contributed by atoms with Crippen LogP contribution in [0.5, 0.6) is 11.5 Å². The molecule has 4 aliphatic rings. The first kappa shape index (κ1) is 41.5. The molecule has 10 atom stereocenters. The van der Waals surface area contributed by atoms with E-state index in [9.17, 15) is 20.4 Å². The summed E-state index contributed by atoms with van der Waals surface area (Å²) in [4.78, 5) is 0. The van der Waals surface area contributed by atoms with E-state index in [1.807, 2.05) is 12.2 Å². The van der Waals surface area contributed by atoms with Crippen molar-refractivity contribution >= 4 is 31.9 Å². The maximum atomic E-state index is 10.6. The van der Waals surface area contributed by atoms with Crippen molar-refractivity contribution in [3.63, 3.8) is 0 Å². The Hall–Kier alpha value is -1.68. The SMILES string of the molecule is CCCCC[C@@H](O)/C(Br)=C/[C@@H]1[C@H]2c3cccc(CCC)c3O[C@H]2C[C@H]1O.CCCCC[C@H](O)/C(Br)=C/[C@@H]1[C@H]2c3cccc(CCC)c3O[C@H]2C[C@H]1O. The summed E-state index contributed by atoms with van der Waals surface area (Å²) in [5.74, 6) is 2.38. The van der Waals surface area contributed by atoms with Crippen LogP contribution in [0, 0.1) is 11.8 Å². The molecule has 2 fully saturated rings.